The number of hydrazone groups is 1. The van der Waals surface area contributed by atoms with E-state index < -0.39 is 24.3 Å². The number of ether oxygens (including phenoxy) is 1. The molecule has 0 aliphatic heterocycles. The smallest absolute Gasteiger partial charge is 0.416 e. The van der Waals surface area contributed by atoms with Crippen molar-refractivity contribution in [2.75, 3.05) is 11.6 Å². The second kappa shape index (κ2) is 9.59. The molecule has 156 valence electrons. The van der Waals surface area contributed by atoms with E-state index in [1.165, 1.54) is 30.5 Å². The number of nitriles is 1. The molecule has 0 saturated heterocycles. The van der Waals surface area contributed by atoms with E-state index in [1.54, 1.807) is 42.5 Å². The van der Waals surface area contributed by atoms with Crippen molar-refractivity contribution in [2.45, 2.75) is 6.18 Å². The van der Waals surface area contributed by atoms with Crippen molar-refractivity contribution in [1.29, 1.82) is 5.26 Å². The van der Waals surface area contributed by atoms with Gasteiger partial charge in [0.05, 0.1) is 23.0 Å². The SMILES string of the molecule is N#Cc1ccccc1OCC(=O)N(/N=C\c1ccccc1)c1cccc(C(F)(F)F)c1. The molecule has 0 heterocycles. The van der Waals surface area contributed by atoms with Gasteiger partial charge < -0.3 is 4.74 Å². The quantitative estimate of drug-likeness (QED) is 0.413. The molecule has 0 aromatic heterocycles. The molecule has 0 spiro atoms. The Morgan fingerprint density at radius 2 is 1.74 bits per heavy atom. The number of nitrogens with zero attached hydrogens (tertiary/aromatic N) is 3. The minimum Gasteiger partial charge on any atom is -0.482 e. The lowest BCUT2D eigenvalue weighted by Gasteiger charge is -2.19. The normalized spacial score (nSPS) is 11.2. The van der Waals surface area contributed by atoms with Crippen LogP contribution in [0.4, 0.5) is 18.9 Å². The second-order valence-electron chi connectivity index (χ2n) is 6.31. The molecule has 3 aromatic carbocycles. The summed E-state index contributed by atoms with van der Waals surface area (Å²) in [5, 5.41) is 14.1. The summed E-state index contributed by atoms with van der Waals surface area (Å²) in [5.74, 6) is -0.520. The number of benzene rings is 3. The Morgan fingerprint density at radius 3 is 2.45 bits per heavy atom. The molecular weight excluding hydrogens is 407 g/mol. The van der Waals surface area contributed by atoms with E-state index in [-0.39, 0.29) is 17.0 Å². The molecular formula is C23H16F3N3O2. The van der Waals surface area contributed by atoms with Gasteiger partial charge in [0.15, 0.2) is 6.61 Å². The summed E-state index contributed by atoms with van der Waals surface area (Å²) in [7, 11) is 0. The van der Waals surface area contributed by atoms with E-state index in [2.05, 4.69) is 5.10 Å². The van der Waals surface area contributed by atoms with Crippen molar-refractivity contribution in [3.05, 3.63) is 95.6 Å². The van der Waals surface area contributed by atoms with Gasteiger partial charge in [-0.15, -0.1) is 0 Å². The highest BCUT2D eigenvalue weighted by Crippen LogP contribution is 2.32. The summed E-state index contributed by atoms with van der Waals surface area (Å²) in [4.78, 5) is 12.8. The van der Waals surface area contributed by atoms with Crippen LogP contribution in [0, 0.1) is 11.3 Å². The largest absolute Gasteiger partial charge is 0.482 e. The van der Waals surface area contributed by atoms with Crippen LogP contribution in [0.3, 0.4) is 0 Å². The fourth-order valence-corrected chi connectivity index (χ4v) is 2.64. The molecule has 1 amide bonds. The Morgan fingerprint density at radius 1 is 1.03 bits per heavy atom. The first-order chi connectivity index (χ1) is 14.9. The molecule has 0 aliphatic rings. The molecule has 8 heteroatoms. The Bertz CT molecular complexity index is 1120. The summed E-state index contributed by atoms with van der Waals surface area (Å²) >= 11 is 0. The van der Waals surface area contributed by atoms with E-state index in [0.29, 0.717) is 5.56 Å². The van der Waals surface area contributed by atoms with Gasteiger partial charge in [0.25, 0.3) is 5.91 Å². The maximum Gasteiger partial charge on any atom is 0.416 e. The lowest BCUT2D eigenvalue weighted by Crippen LogP contribution is -2.31. The Kier molecular flexibility index (Phi) is 6.67. The zero-order valence-electron chi connectivity index (χ0n) is 16.1. The number of halogens is 3. The predicted molar refractivity (Wildman–Crippen MR) is 110 cm³/mol. The van der Waals surface area contributed by atoms with Gasteiger partial charge >= 0.3 is 6.18 Å². The van der Waals surface area contributed by atoms with E-state index >= 15 is 0 Å². The molecule has 3 aromatic rings. The second-order valence-corrected chi connectivity index (χ2v) is 6.31. The van der Waals surface area contributed by atoms with Gasteiger partial charge in [-0.2, -0.15) is 28.5 Å². The van der Waals surface area contributed by atoms with Gasteiger partial charge in [0.2, 0.25) is 0 Å². The molecule has 0 aliphatic carbocycles. The van der Waals surface area contributed by atoms with E-state index in [9.17, 15) is 18.0 Å². The number of rotatable bonds is 6. The molecule has 0 N–H and O–H groups in total. The van der Waals surface area contributed by atoms with Crippen molar-refractivity contribution < 1.29 is 22.7 Å². The summed E-state index contributed by atoms with van der Waals surface area (Å²) in [5.41, 5.74) is -0.0886. The van der Waals surface area contributed by atoms with Crippen molar-refractivity contribution in [1.82, 2.24) is 0 Å². The number of anilines is 1. The minimum absolute atomic E-state index is 0.0656. The van der Waals surface area contributed by atoms with Crippen molar-refractivity contribution in [3.8, 4) is 11.8 Å². The van der Waals surface area contributed by atoms with Crippen molar-refractivity contribution in [2.24, 2.45) is 5.10 Å². The Labute approximate surface area is 176 Å². The first-order valence-corrected chi connectivity index (χ1v) is 9.09. The third-order valence-corrected chi connectivity index (χ3v) is 4.13. The number of para-hydroxylation sites is 1. The van der Waals surface area contributed by atoms with Gasteiger partial charge in [0, 0.05) is 0 Å². The van der Waals surface area contributed by atoms with Crippen LogP contribution in [0.25, 0.3) is 0 Å². The molecule has 3 rings (SSSR count). The van der Waals surface area contributed by atoms with Gasteiger partial charge in [0.1, 0.15) is 11.8 Å². The van der Waals surface area contributed by atoms with Crippen LogP contribution in [-0.4, -0.2) is 18.7 Å². The van der Waals surface area contributed by atoms with E-state index in [0.717, 1.165) is 17.1 Å². The Balaban J connectivity index is 1.89. The lowest BCUT2D eigenvalue weighted by atomic mass is 10.2. The highest BCUT2D eigenvalue weighted by Gasteiger charge is 2.31. The number of hydrogen-bond donors (Lipinski definition) is 0. The summed E-state index contributed by atoms with van der Waals surface area (Å²) in [6.45, 7) is -0.527. The van der Waals surface area contributed by atoms with Crippen molar-refractivity contribution >= 4 is 17.8 Å². The first kappa shape index (κ1) is 21.6. The third kappa shape index (κ3) is 5.70. The number of carbonyl (C=O) groups excluding carboxylic acids is 1. The molecule has 31 heavy (non-hydrogen) atoms. The fraction of sp³-hybridized carbons (Fsp3) is 0.0870. The lowest BCUT2D eigenvalue weighted by molar-refractivity contribution is -0.137. The zero-order chi connectivity index (χ0) is 22.3. The highest BCUT2D eigenvalue weighted by molar-refractivity contribution is 5.96. The molecule has 0 unspecified atom stereocenters. The van der Waals surface area contributed by atoms with Crippen LogP contribution in [0.1, 0.15) is 16.7 Å². The number of amides is 1. The Hall–Kier alpha value is -4.12. The molecule has 5 nitrogen and oxygen atoms in total. The number of carbonyl (C=O) groups is 1. The third-order valence-electron chi connectivity index (χ3n) is 4.13. The number of alkyl halides is 3. The highest BCUT2D eigenvalue weighted by atomic mass is 19.4. The predicted octanol–water partition coefficient (Wildman–Crippen LogP) is 5.02. The summed E-state index contributed by atoms with van der Waals surface area (Å²) in [6.07, 6.45) is -3.21. The maximum atomic E-state index is 13.1. The molecule has 0 radical (unpaired) electrons. The van der Waals surface area contributed by atoms with Crippen LogP contribution < -0.4 is 9.75 Å². The monoisotopic (exact) mass is 423 g/mol. The topological polar surface area (TPSA) is 65.7 Å². The zero-order valence-corrected chi connectivity index (χ0v) is 16.1. The summed E-state index contributed by atoms with van der Waals surface area (Å²) in [6, 6.07) is 21.4. The van der Waals surface area contributed by atoms with Crippen LogP contribution in [-0.2, 0) is 11.0 Å². The number of hydrogen-bond acceptors (Lipinski definition) is 4. The molecule has 0 atom stereocenters. The van der Waals surface area contributed by atoms with E-state index in [1.807, 2.05) is 6.07 Å². The minimum atomic E-state index is -4.57. The fourth-order valence-electron chi connectivity index (χ4n) is 2.64. The molecule has 0 fully saturated rings. The first-order valence-electron chi connectivity index (χ1n) is 9.09. The van der Waals surface area contributed by atoms with Crippen LogP contribution in [0.2, 0.25) is 0 Å². The van der Waals surface area contributed by atoms with Crippen molar-refractivity contribution in [3.63, 3.8) is 0 Å². The van der Waals surface area contributed by atoms with Gasteiger partial charge in [-0.05, 0) is 35.9 Å². The van der Waals surface area contributed by atoms with Crippen LogP contribution in [0.15, 0.2) is 84.0 Å². The average molecular weight is 423 g/mol. The van der Waals surface area contributed by atoms with Crippen LogP contribution in [0.5, 0.6) is 5.75 Å². The van der Waals surface area contributed by atoms with Crippen LogP contribution >= 0.6 is 0 Å². The molecule has 0 saturated carbocycles. The van der Waals surface area contributed by atoms with Gasteiger partial charge in [-0.3, -0.25) is 4.79 Å². The molecule has 0 bridgehead atoms. The van der Waals surface area contributed by atoms with Gasteiger partial charge in [-0.1, -0.05) is 48.5 Å². The maximum absolute atomic E-state index is 13.1. The van der Waals surface area contributed by atoms with E-state index in [4.69, 9.17) is 10.00 Å². The van der Waals surface area contributed by atoms with Gasteiger partial charge in [-0.25, -0.2) is 0 Å². The standard InChI is InChI=1S/C23H16F3N3O2/c24-23(25,26)19-10-6-11-20(13-19)29(28-15-17-7-2-1-3-8-17)22(30)16-31-21-12-5-4-9-18(21)14-27/h1-13,15H,16H2/b28-15-. The summed E-state index contributed by atoms with van der Waals surface area (Å²) < 4.78 is 44.8. The average Bonchev–Trinajstić information content (AvgIpc) is 2.78.